The van der Waals surface area contributed by atoms with Crippen LogP contribution in [0.15, 0.2) is 18.2 Å². The fourth-order valence-electron chi connectivity index (χ4n) is 1.67. The van der Waals surface area contributed by atoms with Gasteiger partial charge in [-0.3, -0.25) is 14.9 Å². The van der Waals surface area contributed by atoms with Gasteiger partial charge in [0, 0.05) is 24.6 Å². The standard InChI is InChI=1S/C10H11N3O3/c1-6-4-10(14)12-9-5-7(13(15)16)2-3-8(9)11-6/h2-3,5-6,11H,4H2,1H3,(H,12,14)/t6-/m1/s1. The number of nitrogens with one attached hydrogen (secondary N) is 2. The van der Waals surface area contributed by atoms with Gasteiger partial charge in [0.1, 0.15) is 0 Å². The summed E-state index contributed by atoms with van der Waals surface area (Å²) in [6.45, 7) is 1.89. The number of nitro benzene ring substituents is 1. The number of nitrogens with zero attached hydrogens (tertiary/aromatic N) is 1. The second-order valence-electron chi connectivity index (χ2n) is 3.78. The number of non-ortho nitro benzene ring substituents is 1. The molecule has 84 valence electrons. The van der Waals surface area contributed by atoms with Crippen molar-refractivity contribution in [2.45, 2.75) is 19.4 Å². The molecule has 0 aliphatic carbocycles. The minimum Gasteiger partial charge on any atom is -0.380 e. The maximum Gasteiger partial charge on any atom is 0.271 e. The highest BCUT2D eigenvalue weighted by molar-refractivity contribution is 5.96. The van der Waals surface area contributed by atoms with E-state index in [9.17, 15) is 14.9 Å². The Balaban J connectivity index is 2.42. The SMILES string of the molecule is C[C@@H]1CC(=O)Nc2cc([N+](=O)[O-])ccc2N1. The number of benzene rings is 1. The van der Waals surface area contributed by atoms with Crippen molar-refractivity contribution >= 4 is 23.0 Å². The summed E-state index contributed by atoms with van der Waals surface area (Å²) in [4.78, 5) is 21.5. The van der Waals surface area contributed by atoms with E-state index in [0.29, 0.717) is 17.8 Å². The summed E-state index contributed by atoms with van der Waals surface area (Å²) < 4.78 is 0. The summed E-state index contributed by atoms with van der Waals surface area (Å²) in [5.41, 5.74) is 1.14. The number of carbonyl (C=O) groups excluding carboxylic acids is 1. The summed E-state index contributed by atoms with van der Waals surface area (Å²) in [6, 6.07) is 4.40. The fourth-order valence-corrected chi connectivity index (χ4v) is 1.67. The van der Waals surface area contributed by atoms with Gasteiger partial charge in [-0.15, -0.1) is 0 Å². The molecule has 2 N–H and O–H groups in total. The van der Waals surface area contributed by atoms with Crippen molar-refractivity contribution < 1.29 is 9.72 Å². The predicted molar refractivity (Wildman–Crippen MR) is 59.4 cm³/mol. The molecule has 6 heteroatoms. The Hall–Kier alpha value is -2.11. The molecular formula is C10H11N3O3. The van der Waals surface area contributed by atoms with Crippen molar-refractivity contribution in [1.29, 1.82) is 0 Å². The third kappa shape index (κ3) is 1.95. The highest BCUT2D eigenvalue weighted by Crippen LogP contribution is 2.29. The van der Waals surface area contributed by atoms with Gasteiger partial charge in [0.25, 0.3) is 5.69 Å². The first-order valence-electron chi connectivity index (χ1n) is 4.91. The Bertz CT molecular complexity index is 459. The number of fused-ring (bicyclic) bond motifs is 1. The second-order valence-corrected chi connectivity index (χ2v) is 3.78. The van der Waals surface area contributed by atoms with Gasteiger partial charge < -0.3 is 10.6 Å². The van der Waals surface area contributed by atoms with Gasteiger partial charge in [-0.05, 0) is 13.0 Å². The lowest BCUT2D eigenvalue weighted by molar-refractivity contribution is -0.384. The lowest BCUT2D eigenvalue weighted by Gasteiger charge is -2.10. The number of amides is 1. The molecular weight excluding hydrogens is 210 g/mol. The zero-order chi connectivity index (χ0) is 11.7. The van der Waals surface area contributed by atoms with E-state index in [1.807, 2.05) is 6.92 Å². The number of hydrogen-bond acceptors (Lipinski definition) is 4. The van der Waals surface area contributed by atoms with E-state index >= 15 is 0 Å². The van der Waals surface area contributed by atoms with E-state index < -0.39 is 4.92 Å². The van der Waals surface area contributed by atoms with Crippen LogP contribution in [0.1, 0.15) is 13.3 Å². The molecule has 0 aromatic heterocycles. The average molecular weight is 221 g/mol. The van der Waals surface area contributed by atoms with Crippen LogP contribution in [0.5, 0.6) is 0 Å². The molecule has 0 radical (unpaired) electrons. The van der Waals surface area contributed by atoms with Crippen LogP contribution in [-0.4, -0.2) is 16.9 Å². The molecule has 0 fully saturated rings. The first-order chi connectivity index (χ1) is 7.56. The molecule has 16 heavy (non-hydrogen) atoms. The highest BCUT2D eigenvalue weighted by atomic mass is 16.6. The van der Waals surface area contributed by atoms with E-state index in [2.05, 4.69) is 10.6 Å². The lowest BCUT2D eigenvalue weighted by Crippen LogP contribution is -2.18. The van der Waals surface area contributed by atoms with Crippen LogP contribution >= 0.6 is 0 Å². The number of hydrogen-bond donors (Lipinski definition) is 2. The Labute approximate surface area is 91.8 Å². The van der Waals surface area contributed by atoms with E-state index in [1.165, 1.54) is 12.1 Å². The van der Waals surface area contributed by atoms with Gasteiger partial charge in [0.05, 0.1) is 16.3 Å². The molecule has 2 rings (SSSR count). The largest absolute Gasteiger partial charge is 0.380 e. The fraction of sp³-hybridized carbons (Fsp3) is 0.300. The minimum absolute atomic E-state index is 0.0164. The highest BCUT2D eigenvalue weighted by Gasteiger charge is 2.19. The maximum absolute atomic E-state index is 11.4. The number of carbonyl (C=O) groups is 1. The van der Waals surface area contributed by atoms with Crippen molar-refractivity contribution in [1.82, 2.24) is 0 Å². The maximum atomic E-state index is 11.4. The first kappa shape index (κ1) is 10.4. The van der Waals surface area contributed by atoms with Gasteiger partial charge in [-0.1, -0.05) is 0 Å². The Morgan fingerprint density at radius 3 is 2.88 bits per heavy atom. The van der Waals surface area contributed by atoms with Gasteiger partial charge in [-0.25, -0.2) is 0 Å². The molecule has 0 unspecified atom stereocenters. The van der Waals surface area contributed by atoms with Crippen LogP contribution in [0, 0.1) is 10.1 Å². The normalized spacial score (nSPS) is 19.1. The molecule has 1 aliphatic rings. The zero-order valence-electron chi connectivity index (χ0n) is 8.69. The van der Waals surface area contributed by atoms with E-state index in [0.717, 1.165) is 0 Å². The molecule has 1 aromatic rings. The molecule has 1 aromatic carbocycles. The lowest BCUT2D eigenvalue weighted by atomic mass is 10.2. The van der Waals surface area contributed by atoms with Crippen molar-refractivity contribution in [2.24, 2.45) is 0 Å². The summed E-state index contributed by atoms with van der Waals surface area (Å²) in [5, 5.41) is 16.3. The van der Waals surface area contributed by atoms with E-state index in [1.54, 1.807) is 6.07 Å². The first-order valence-corrected chi connectivity index (χ1v) is 4.91. The molecule has 1 aliphatic heterocycles. The number of rotatable bonds is 1. The second kappa shape index (κ2) is 3.80. The summed E-state index contributed by atoms with van der Waals surface area (Å²) in [5.74, 6) is -0.140. The van der Waals surface area contributed by atoms with E-state index in [4.69, 9.17) is 0 Å². The molecule has 0 saturated heterocycles. The van der Waals surface area contributed by atoms with Crippen molar-refractivity contribution in [3.8, 4) is 0 Å². The van der Waals surface area contributed by atoms with Crippen LogP contribution in [0.25, 0.3) is 0 Å². The van der Waals surface area contributed by atoms with Gasteiger partial charge >= 0.3 is 0 Å². The quantitative estimate of drug-likeness (QED) is 0.558. The molecule has 1 heterocycles. The Kier molecular flexibility index (Phi) is 2.47. The average Bonchev–Trinajstić information content (AvgIpc) is 2.32. The van der Waals surface area contributed by atoms with Crippen molar-refractivity contribution in [2.75, 3.05) is 10.6 Å². The summed E-state index contributed by atoms with van der Waals surface area (Å²) >= 11 is 0. The molecule has 6 nitrogen and oxygen atoms in total. The summed E-state index contributed by atoms with van der Waals surface area (Å²) in [6.07, 6.45) is 0.350. The van der Waals surface area contributed by atoms with Crippen molar-refractivity contribution in [3.05, 3.63) is 28.3 Å². The van der Waals surface area contributed by atoms with Gasteiger partial charge in [-0.2, -0.15) is 0 Å². The smallest absolute Gasteiger partial charge is 0.271 e. The topological polar surface area (TPSA) is 84.3 Å². The Morgan fingerprint density at radius 1 is 1.44 bits per heavy atom. The van der Waals surface area contributed by atoms with Crippen LogP contribution in [0.3, 0.4) is 0 Å². The zero-order valence-corrected chi connectivity index (χ0v) is 8.69. The van der Waals surface area contributed by atoms with Gasteiger partial charge in [0.15, 0.2) is 0 Å². The van der Waals surface area contributed by atoms with Gasteiger partial charge in [0.2, 0.25) is 5.91 Å². The van der Waals surface area contributed by atoms with Crippen molar-refractivity contribution in [3.63, 3.8) is 0 Å². The number of nitro groups is 1. The van der Waals surface area contributed by atoms with Crippen LogP contribution < -0.4 is 10.6 Å². The monoisotopic (exact) mass is 221 g/mol. The van der Waals surface area contributed by atoms with Crippen LogP contribution in [0.2, 0.25) is 0 Å². The number of anilines is 2. The summed E-state index contributed by atoms with van der Waals surface area (Å²) in [7, 11) is 0. The molecule has 1 amide bonds. The third-order valence-corrected chi connectivity index (χ3v) is 2.38. The predicted octanol–water partition coefficient (Wildman–Crippen LogP) is 1.74. The third-order valence-electron chi connectivity index (χ3n) is 2.38. The minimum atomic E-state index is -0.485. The van der Waals surface area contributed by atoms with Crippen LogP contribution in [-0.2, 0) is 4.79 Å². The molecule has 1 atom stereocenters. The molecule has 0 saturated carbocycles. The Morgan fingerprint density at radius 2 is 2.19 bits per heavy atom. The van der Waals surface area contributed by atoms with E-state index in [-0.39, 0.29) is 17.6 Å². The molecule has 0 bridgehead atoms. The molecule has 0 spiro atoms. The van der Waals surface area contributed by atoms with Crippen LogP contribution in [0.4, 0.5) is 17.1 Å².